The van der Waals surface area contributed by atoms with E-state index in [2.05, 4.69) is 51.3 Å². The van der Waals surface area contributed by atoms with Gasteiger partial charge in [0.2, 0.25) is 0 Å². The monoisotopic (exact) mass is 581 g/mol. The molecule has 0 heterocycles. The average Bonchev–Trinajstić information content (AvgIpc) is 2.93. The molecule has 0 bridgehead atoms. The highest BCUT2D eigenvalue weighted by Gasteiger charge is 2.70. The maximum Gasteiger partial charge on any atom is 0.319 e. The smallest absolute Gasteiger partial charge is 0.319 e. The molecule has 0 aromatic heterocycles. The SMILES string of the molecule is CC1(C)CCC2(NC(=O)Nc3ccccc3)CCC3(C)C(C(=O)C=C4C5(C)C=C(C#N)C(=O)C(C)(C)C5CCC43C)C2C1. The zero-order valence-corrected chi connectivity index (χ0v) is 26.9. The van der Waals surface area contributed by atoms with Crippen molar-refractivity contribution in [3.05, 3.63) is 53.6 Å². The summed E-state index contributed by atoms with van der Waals surface area (Å²) < 4.78 is 0. The van der Waals surface area contributed by atoms with Crippen LogP contribution in [0.5, 0.6) is 0 Å². The standard InChI is InChI=1S/C37H47N3O3/c1-32(2)15-17-37(40-31(43)39-24-11-9-8-10-12-24)18-16-36(7)29(25(37)21-32)26(41)19-28-34(5)20-23(22-38)30(42)33(3,4)27(34)13-14-35(28,36)6/h8-12,19-20,25,27,29H,13-18,21H2,1-7H3,(H2,39,40,43). The molecule has 5 aliphatic carbocycles. The molecule has 43 heavy (non-hydrogen) atoms. The number of nitrogens with zero attached hydrogens (tertiary/aromatic N) is 1. The Morgan fingerprint density at radius 1 is 0.930 bits per heavy atom. The van der Waals surface area contributed by atoms with Crippen LogP contribution in [0.3, 0.4) is 0 Å². The summed E-state index contributed by atoms with van der Waals surface area (Å²) in [6, 6.07) is 11.5. The second-order valence-electron chi connectivity index (χ2n) is 16.4. The van der Waals surface area contributed by atoms with Gasteiger partial charge in [0.1, 0.15) is 6.07 Å². The van der Waals surface area contributed by atoms with Crippen molar-refractivity contribution in [2.75, 3.05) is 5.32 Å². The number of benzene rings is 1. The van der Waals surface area contributed by atoms with Gasteiger partial charge < -0.3 is 10.6 Å². The summed E-state index contributed by atoms with van der Waals surface area (Å²) in [5.41, 5.74) is -0.123. The number of fused-ring (bicyclic) bond motifs is 7. The molecule has 7 atom stereocenters. The molecule has 3 saturated carbocycles. The van der Waals surface area contributed by atoms with E-state index >= 15 is 0 Å². The van der Waals surface area contributed by atoms with Crippen molar-refractivity contribution in [1.82, 2.24) is 5.32 Å². The number of allylic oxidation sites excluding steroid dienone is 4. The van der Waals surface area contributed by atoms with Crippen molar-refractivity contribution >= 4 is 23.3 Å². The molecule has 228 valence electrons. The summed E-state index contributed by atoms with van der Waals surface area (Å²) in [6.07, 6.45) is 9.98. The molecule has 2 amide bonds. The molecule has 6 nitrogen and oxygen atoms in total. The van der Waals surface area contributed by atoms with Crippen LogP contribution in [0, 0.1) is 56.2 Å². The second-order valence-corrected chi connectivity index (χ2v) is 16.4. The van der Waals surface area contributed by atoms with E-state index in [-0.39, 0.29) is 57.2 Å². The van der Waals surface area contributed by atoms with Gasteiger partial charge in [0, 0.05) is 28.0 Å². The first kappa shape index (κ1) is 29.9. The molecule has 1 aromatic rings. The van der Waals surface area contributed by atoms with Crippen LogP contribution in [0.15, 0.2) is 53.6 Å². The lowest BCUT2D eigenvalue weighted by molar-refractivity contribution is -0.160. The number of rotatable bonds is 2. The van der Waals surface area contributed by atoms with E-state index in [1.165, 1.54) is 0 Å². The normalized spacial score (nSPS) is 40.7. The molecule has 0 aliphatic heterocycles. The number of amides is 2. The van der Waals surface area contributed by atoms with E-state index in [1.54, 1.807) is 0 Å². The predicted molar refractivity (Wildman–Crippen MR) is 168 cm³/mol. The average molecular weight is 582 g/mol. The second kappa shape index (κ2) is 9.40. The molecule has 0 saturated heterocycles. The van der Waals surface area contributed by atoms with Crippen LogP contribution in [-0.4, -0.2) is 23.1 Å². The van der Waals surface area contributed by atoms with E-state index in [0.717, 1.165) is 56.2 Å². The first-order valence-corrected chi connectivity index (χ1v) is 16.1. The summed E-state index contributed by atoms with van der Waals surface area (Å²) in [5.74, 6) is -0.116. The first-order valence-electron chi connectivity index (χ1n) is 16.1. The molecule has 6 heteroatoms. The van der Waals surface area contributed by atoms with Crippen molar-refractivity contribution in [1.29, 1.82) is 5.26 Å². The number of hydrogen-bond donors (Lipinski definition) is 2. The molecule has 5 aliphatic rings. The molecule has 7 unspecified atom stereocenters. The highest BCUT2D eigenvalue weighted by molar-refractivity contribution is 6.04. The van der Waals surface area contributed by atoms with Gasteiger partial charge in [0.05, 0.1) is 5.57 Å². The van der Waals surface area contributed by atoms with E-state index in [1.807, 2.05) is 56.3 Å². The third kappa shape index (κ3) is 4.13. The Morgan fingerprint density at radius 2 is 1.60 bits per heavy atom. The molecule has 6 rings (SSSR count). The Balaban J connectivity index is 1.43. The third-order valence-corrected chi connectivity index (χ3v) is 13.3. The first-order chi connectivity index (χ1) is 20.0. The Bertz CT molecular complexity index is 1500. The lowest BCUT2D eigenvalue weighted by Gasteiger charge is -2.69. The fourth-order valence-electron chi connectivity index (χ4n) is 10.8. The molecule has 2 N–H and O–H groups in total. The van der Waals surface area contributed by atoms with Gasteiger partial charge in [-0.15, -0.1) is 0 Å². The number of anilines is 1. The number of carbonyl (C=O) groups is 3. The van der Waals surface area contributed by atoms with Gasteiger partial charge in [-0.1, -0.05) is 78.3 Å². The zero-order valence-electron chi connectivity index (χ0n) is 26.9. The van der Waals surface area contributed by atoms with Crippen molar-refractivity contribution in [3.63, 3.8) is 0 Å². The summed E-state index contributed by atoms with van der Waals surface area (Å²) in [7, 11) is 0. The Labute approximate surface area is 256 Å². The number of nitriles is 1. The van der Waals surface area contributed by atoms with Gasteiger partial charge in [0.25, 0.3) is 0 Å². The summed E-state index contributed by atoms with van der Waals surface area (Å²) >= 11 is 0. The number of urea groups is 1. The lowest BCUT2D eigenvalue weighted by atomic mass is 9.35. The zero-order chi connectivity index (χ0) is 31.2. The van der Waals surface area contributed by atoms with Crippen molar-refractivity contribution in [3.8, 4) is 6.07 Å². The molecule has 3 fully saturated rings. The molecular formula is C37H47N3O3. The molecule has 1 aromatic carbocycles. The van der Waals surface area contributed by atoms with Crippen LogP contribution < -0.4 is 10.6 Å². The van der Waals surface area contributed by atoms with E-state index < -0.39 is 16.4 Å². The maximum atomic E-state index is 14.7. The Morgan fingerprint density at radius 3 is 2.28 bits per heavy atom. The van der Waals surface area contributed by atoms with Crippen LogP contribution in [0.4, 0.5) is 10.5 Å². The molecule has 0 spiro atoms. The topological polar surface area (TPSA) is 99.1 Å². The predicted octanol–water partition coefficient (Wildman–Crippen LogP) is 7.78. The van der Waals surface area contributed by atoms with E-state index in [4.69, 9.17) is 0 Å². The van der Waals surface area contributed by atoms with E-state index in [0.29, 0.717) is 0 Å². The van der Waals surface area contributed by atoms with E-state index in [9.17, 15) is 19.6 Å². The van der Waals surface area contributed by atoms with Crippen LogP contribution in [0.2, 0.25) is 0 Å². The minimum atomic E-state index is -0.678. The fraction of sp³-hybridized carbons (Fsp3) is 0.622. The summed E-state index contributed by atoms with van der Waals surface area (Å²) in [6.45, 7) is 15.4. The number of ketones is 2. The highest BCUT2D eigenvalue weighted by atomic mass is 16.2. The number of nitrogens with one attached hydrogen (secondary N) is 2. The number of para-hydroxylation sites is 1. The van der Waals surface area contributed by atoms with Crippen molar-refractivity contribution in [2.24, 2.45) is 44.8 Å². The van der Waals surface area contributed by atoms with Crippen LogP contribution in [0.25, 0.3) is 0 Å². The lowest BCUT2D eigenvalue weighted by Crippen LogP contribution is -2.70. The highest BCUT2D eigenvalue weighted by Crippen LogP contribution is 2.73. The van der Waals surface area contributed by atoms with Gasteiger partial charge in [-0.05, 0) is 91.2 Å². The van der Waals surface area contributed by atoms with Crippen LogP contribution in [0.1, 0.15) is 93.4 Å². The van der Waals surface area contributed by atoms with Gasteiger partial charge in [0.15, 0.2) is 11.6 Å². The minimum Gasteiger partial charge on any atom is -0.332 e. The minimum absolute atomic E-state index is 0.0127. The largest absolute Gasteiger partial charge is 0.332 e. The van der Waals surface area contributed by atoms with Gasteiger partial charge in [-0.2, -0.15) is 5.26 Å². The van der Waals surface area contributed by atoms with Crippen LogP contribution >= 0.6 is 0 Å². The molecule has 0 radical (unpaired) electrons. The quantitative estimate of drug-likeness (QED) is 0.373. The Kier molecular flexibility index (Phi) is 6.53. The van der Waals surface area contributed by atoms with Crippen molar-refractivity contribution < 1.29 is 14.4 Å². The fourth-order valence-corrected chi connectivity index (χ4v) is 10.8. The number of carbonyl (C=O) groups excluding carboxylic acids is 3. The molecular weight excluding hydrogens is 534 g/mol. The van der Waals surface area contributed by atoms with Gasteiger partial charge in [-0.25, -0.2) is 4.79 Å². The number of hydrogen-bond acceptors (Lipinski definition) is 4. The number of Topliss-reactive ketones (excluding diaryl/α,β-unsaturated/α-hetero) is 1. The van der Waals surface area contributed by atoms with Crippen LogP contribution in [-0.2, 0) is 9.59 Å². The van der Waals surface area contributed by atoms with Gasteiger partial charge in [-0.3, -0.25) is 9.59 Å². The third-order valence-electron chi connectivity index (χ3n) is 13.3. The maximum absolute atomic E-state index is 14.7. The van der Waals surface area contributed by atoms with Gasteiger partial charge >= 0.3 is 6.03 Å². The summed E-state index contributed by atoms with van der Waals surface area (Å²) in [5, 5.41) is 16.4. The van der Waals surface area contributed by atoms with Crippen molar-refractivity contribution in [2.45, 2.75) is 99.0 Å². The Hall–Kier alpha value is -3.20. The summed E-state index contributed by atoms with van der Waals surface area (Å²) in [4.78, 5) is 41.4.